The number of carbonyl (C=O) groups excluding carboxylic acids is 2. The summed E-state index contributed by atoms with van der Waals surface area (Å²) >= 11 is 0. The van der Waals surface area contributed by atoms with Crippen LogP contribution in [-0.2, 0) is 28.7 Å². The number of dihydropyridines is 1. The van der Waals surface area contributed by atoms with Crippen molar-refractivity contribution >= 4 is 17.5 Å². The molecule has 8 nitrogen and oxygen atoms in total. The van der Waals surface area contributed by atoms with Crippen LogP contribution in [0.15, 0.2) is 57.9 Å². The van der Waals surface area contributed by atoms with Crippen LogP contribution in [-0.4, -0.2) is 44.9 Å². The molecule has 0 bridgehead atoms. The standard InChI is InChI=1S/C27H26F6N6O2/c1-13-6-21(30)20(25(34)41)11-19(13)18-4-3-5-35-24(18)22(9-15-7-16(28)10-17(29)8-15)37-23(40)12-39-14(2)36-26(38-39)27(31,32)33/h4,7-8,10-11,13,22H,3,5-6,9,12H2,1-2H3,(H2,34,41)(H,37,40). The molecule has 3 N–H and O–H groups in total. The van der Waals surface area contributed by atoms with Gasteiger partial charge in [-0.1, -0.05) is 13.0 Å². The summed E-state index contributed by atoms with van der Waals surface area (Å²) in [6, 6.07) is 1.84. The maximum absolute atomic E-state index is 14.5. The maximum Gasteiger partial charge on any atom is 0.453 e. The highest BCUT2D eigenvalue weighted by atomic mass is 19.4. The summed E-state index contributed by atoms with van der Waals surface area (Å²) in [7, 11) is 0. The first kappa shape index (κ1) is 29.7. The molecular weight excluding hydrogens is 554 g/mol. The van der Waals surface area contributed by atoms with E-state index in [0.717, 1.165) is 16.8 Å². The number of rotatable bonds is 8. The van der Waals surface area contributed by atoms with Crippen LogP contribution >= 0.6 is 0 Å². The first-order chi connectivity index (χ1) is 19.2. The van der Waals surface area contributed by atoms with Crippen molar-refractivity contribution in [2.75, 3.05) is 6.54 Å². The second-order valence-corrected chi connectivity index (χ2v) is 9.80. The molecule has 2 aliphatic rings. The number of nitrogens with two attached hydrogens (primary N) is 1. The summed E-state index contributed by atoms with van der Waals surface area (Å²) in [5.41, 5.74) is 6.56. The number of halogens is 6. The lowest BCUT2D eigenvalue weighted by Gasteiger charge is -2.30. The minimum Gasteiger partial charge on any atom is -0.366 e. The number of aromatic nitrogens is 3. The first-order valence-electron chi connectivity index (χ1n) is 12.6. The monoisotopic (exact) mass is 580 g/mol. The third-order valence-corrected chi connectivity index (χ3v) is 6.65. The molecule has 1 aliphatic carbocycles. The number of benzene rings is 1. The largest absolute Gasteiger partial charge is 0.453 e. The zero-order valence-electron chi connectivity index (χ0n) is 22.0. The van der Waals surface area contributed by atoms with Crippen molar-refractivity contribution in [3.8, 4) is 0 Å². The number of aryl methyl sites for hydroxylation is 1. The van der Waals surface area contributed by atoms with E-state index in [1.54, 1.807) is 13.0 Å². The van der Waals surface area contributed by atoms with Crippen molar-refractivity contribution in [2.24, 2.45) is 16.6 Å². The molecule has 0 saturated carbocycles. The van der Waals surface area contributed by atoms with Gasteiger partial charge in [-0.05, 0) is 60.6 Å². The van der Waals surface area contributed by atoms with Crippen molar-refractivity contribution in [3.63, 3.8) is 0 Å². The number of amides is 2. The predicted octanol–water partition coefficient (Wildman–Crippen LogP) is 4.06. The van der Waals surface area contributed by atoms with Gasteiger partial charge in [0.2, 0.25) is 5.91 Å². The molecule has 2 unspecified atom stereocenters. The molecule has 0 radical (unpaired) electrons. The number of nitrogens with one attached hydrogen (secondary N) is 1. The molecule has 4 rings (SSSR count). The highest BCUT2D eigenvalue weighted by Crippen LogP contribution is 2.36. The van der Waals surface area contributed by atoms with E-state index >= 15 is 0 Å². The van der Waals surface area contributed by atoms with Gasteiger partial charge in [0.25, 0.3) is 11.7 Å². The molecular formula is C27H26F6N6O2. The number of aliphatic imine (C=N–C) groups is 1. The smallest absolute Gasteiger partial charge is 0.366 e. The number of hydrogen-bond acceptors (Lipinski definition) is 5. The minimum atomic E-state index is -4.81. The van der Waals surface area contributed by atoms with E-state index in [9.17, 15) is 35.9 Å². The first-order valence-corrected chi connectivity index (χ1v) is 12.6. The zero-order valence-corrected chi connectivity index (χ0v) is 22.0. The Morgan fingerprint density at radius 1 is 1.17 bits per heavy atom. The molecule has 2 heterocycles. The van der Waals surface area contributed by atoms with Gasteiger partial charge in [0.05, 0.1) is 17.3 Å². The number of nitrogens with zero attached hydrogens (tertiary/aromatic N) is 4. The van der Waals surface area contributed by atoms with Crippen molar-refractivity contribution in [1.29, 1.82) is 0 Å². The van der Waals surface area contributed by atoms with E-state index in [1.165, 1.54) is 13.0 Å². The molecule has 1 aliphatic heterocycles. The van der Waals surface area contributed by atoms with Crippen LogP contribution in [0, 0.1) is 24.5 Å². The fraction of sp³-hybridized carbons (Fsp3) is 0.370. The Balaban J connectivity index is 1.69. The molecule has 2 amide bonds. The van der Waals surface area contributed by atoms with Crippen LogP contribution < -0.4 is 11.1 Å². The molecule has 0 fully saturated rings. The number of carbonyl (C=O) groups is 2. The Morgan fingerprint density at radius 2 is 1.85 bits per heavy atom. The fourth-order valence-electron chi connectivity index (χ4n) is 4.81. The molecule has 218 valence electrons. The van der Waals surface area contributed by atoms with E-state index in [4.69, 9.17) is 5.73 Å². The number of hydrogen-bond donors (Lipinski definition) is 2. The topological polar surface area (TPSA) is 115 Å². The maximum atomic E-state index is 14.5. The highest BCUT2D eigenvalue weighted by Gasteiger charge is 2.37. The van der Waals surface area contributed by atoms with Gasteiger partial charge in [-0.3, -0.25) is 14.6 Å². The molecule has 0 saturated heterocycles. The average Bonchev–Trinajstić information content (AvgIpc) is 3.23. The summed E-state index contributed by atoms with van der Waals surface area (Å²) in [6.45, 7) is 2.66. The quantitative estimate of drug-likeness (QED) is 0.459. The van der Waals surface area contributed by atoms with E-state index in [2.05, 4.69) is 20.4 Å². The summed E-state index contributed by atoms with van der Waals surface area (Å²) in [6.07, 6.45) is -1.45. The Morgan fingerprint density at radius 3 is 2.46 bits per heavy atom. The van der Waals surface area contributed by atoms with Crippen molar-refractivity contribution in [3.05, 3.63) is 81.7 Å². The van der Waals surface area contributed by atoms with Gasteiger partial charge in [-0.25, -0.2) is 22.8 Å². The second-order valence-electron chi connectivity index (χ2n) is 9.80. The summed E-state index contributed by atoms with van der Waals surface area (Å²) in [4.78, 5) is 32.9. The molecule has 1 aromatic heterocycles. The van der Waals surface area contributed by atoms with Crippen LogP contribution in [0.5, 0.6) is 0 Å². The van der Waals surface area contributed by atoms with Crippen LogP contribution in [0.3, 0.4) is 0 Å². The van der Waals surface area contributed by atoms with E-state index < -0.39 is 59.8 Å². The lowest BCUT2D eigenvalue weighted by Crippen LogP contribution is -2.45. The Bertz CT molecular complexity index is 1480. The van der Waals surface area contributed by atoms with Crippen LogP contribution in [0.4, 0.5) is 26.3 Å². The van der Waals surface area contributed by atoms with Crippen LogP contribution in [0.1, 0.15) is 37.0 Å². The van der Waals surface area contributed by atoms with Gasteiger partial charge < -0.3 is 11.1 Å². The molecule has 0 spiro atoms. The average molecular weight is 581 g/mol. The fourth-order valence-corrected chi connectivity index (χ4v) is 4.81. The highest BCUT2D eigenvalue weighted by molar-refractivity contribution is 6.10. The number of allylic oxidation sites excluding steroid dienone is 2. The van der Waals surface area contributed by atoms with Crippen molar-refractivity contribution in [2.45, 2.75) is 51.9 Å². The van der Waals surface area contributed by atoms with Crippen LogP contribution in [0.2, 0.25) is 0 Å². The normalized spacial score (nSPS) is 18.4. The van der Waals surface area contributed by atoms with Gasteiger partial charge in [-0.15, -0.1) is 5.10 Å². The summed E-state index contributed by atoms with van der Waals surface area (Å²) < 4.78 is 82.4. The third-order valence-electron chi connectivity index (χ3n) is 6.65. The Kier molecular flexibility index (Phi) is 8.50. The van der Waals surface area contributed by atoms with Crippen LogP contribution in [0.25, 0.3) is 0 Å². The Labute approximate surface area is 230 Å². The zero-order chi connectivity index (χ0) is 30.1. The van der Waals surface area contributed by atoms with Gasteiger partial charge >= 0.3 is 6.18 Å². The molecule has 2 atom stereocenters. The molecule has 41 heavy (non-hydrogen) atoms. The van der Waals surface area contributed by atoms with E-state index in [-0.39, 0.29) is 29.8 Å². The van der Waals surface area contributed by atoms with Gasteiger partial charge in [0.15, 0.2) is 0 Å². The third kappa shape index (κ3) is 6.92. The Hall–Kier alpha value is -4.23. The molecule has 2 aromatic rings. The number of primary amides is 1. The van der Waals surface area contributed by atoms with Gasteiger partial charge in [-0.2, -0.15) is 13.2 Å². The SMILES string of the molecule is Cc1nc(C(F)(F)F)nn1CC(=O)NC(Cc1cc(F)cc(F)c1)C1=NCCC=C1C1=CC(C(N)=O)=C(F)CC1C. The molecule has 1 aromatic carbocycles. The lowest BCUT2D eigenvalue weighted by atomic mass is 9.79. The van der Waals surface area contributed by atoms with Crippen molar-refractivity contribution < 1.29 is 35.9 Å². The van der Waals surface area contributed by atoms with E-state index in [1.807, 2.05) is 0 Å². The minimum absolute atomic E-state index is 0.103. The number of alkyl halides is 3. The lowest BCUT2D eigenvalue weighted by molar-refractivity contribution is -0.145. The predicted molar refractivity (Wildman–Crippen MR) is 136 cm³/mol. The van der Waals surface area contributed by atoms with E-state index in [0.29, 0.717) is 35.9 Å². The summed E-state index contributed by atoms with van der Waals surface area (Å²) in [5.74, 6) is -6.04. The second kappa shape index (κ2) is 11.7. The van der Waals surface area contributed by atoms with Gasteiger partial charge in [0, 0.05) is 19.0 Å². The van der Waals surface area contributed by atoms with Gasteiger partial charge in [0.1, 0.15) is 29.8 Å². The van der Waals surface area contributed by atoms with Crippen molar-refractivity contribution in [1.82, 2.24) is 20.1 Å². The summed E-state index contributed by atoms with van der Waals surface area (Å²) in [5, 5.41) is 6.06. The molecule has 14 heteroatoms.